The maximum absolute atomic E-state index is 11.7. The molecule has 1 saturated heterocycles. The quantitative estimate of drug-likeness (QED) is 0.754. The van der Waals surface area contributed by atoms with Crippen molar-refractivity contribution >= 4 is 40.0 Å². The number of carbonyl (C=O) groups is 1. The van der Waals surface area contributed by atoms with Gasteiger partial charge in [0.2, 0.25) is 0 Å². The fourth-order valence-corrected chi connectivity index (χ4v) is 3.67. The smallest absolute Gasteiger partial charge is 0.252 e. The summed E-state index contributed by atoms with van der Waals surface area (Å²) in [6.45, 7) is 5.14. The number of hydrogen-bond donors (Lipinski definition) is 1. The van der Waals surface area contributed by atoms with Gasteiger partial charge < -0.3 is 15.5 Å². The van der Waals surface area contributed by atoms with Crippen molar-refractivity contribution in [3.8, 4) is 0 Å². The second kappa shape index (κ2) is 7.04. The van der Waals surface area contributed by atoms with Crippen molar-refractivity contribution in [2.45, 2.75) is 6.92 Å². The highest BCUT2D eigenvalue weighted by Gasteiger charge is 2.22. The van der Waals surface area contributed by atoms with E-state index in [0.29, 0.717) is 16.4 Å². The van der Waals surface area contributed by atoms with Crippen molar-refractivity contribution in [2.75, 3.05) is 36.0 Å². The molecule has 1 amide bonds. The molecule has 3 heterocycles. The van der Waals surface area contributed by atoms with Crippen LogP contribution >= 0.6 is 11.6 Å². The third-order valence-corrected chi connectivity index (χ3v) is 5.16. The number of fused-ring (bicyclic) bond motifs is 1. The van der Waals surface area contributed by atoms with Gasteiger partial charge >= 0.3 is 0 Å². The summed E-state index contributed by atoms with van der Waals surface area (Å²) < 4.78 is 0. The molecule has 1 aliphatic heterocycles. The van der Waals surface area contributed by atoms with Crippen LogP contribution in [-0.2, 0) is 0 Å². The number of rotatable bonds is 3. The minimum atomic E-state index is -0.454. The third kappa shape index (κ3) is 3.40. The molecule has 0 atom stereocenters. The number of benzene rings is 1. The molecule has 1 aromatic carbocycles. The van der Waals surface area contributed by atoms with Crippen LogP contribution < -0.4 is 15.5 Å². The Morgan fingerprint density at radius 3 is 2.59 bits per heavy atom. The van der Waals surface area contributed by atoms with Gasteiger partial charge in [-0.2, -0.15) is 0 Å². The van der Waals surface area contributed by atoms with Crippen molar-refractivity contribution in [2.24, 2.45) is 5.73 Å². The molecule has 27 heavy (non-hydrogen) atoms. The van der Waals surface area contributed by atoms with Crippen molar-refractivity contribution in [3.05, 3.63) is 58.7 Å². The number of piperazine rings is 1. The lowest BCUT2D eigenvalue weighted by atomic mass is 10.1. The SMILES string of the molecule is Cc1cc(N2CCN(c3ncccc3C(N)=O)CC2)nc2cc(Cl)ccc12. The molecular weight excluding hydrogens is 362 g/mol. The summed E-state index contributed by atoms with van der Waals surface area (Å²) >= 11 is 6.13. The van der Waals surface area contributed by atoms with Gasteiger partial charge in [0.05, 0.1) is 11.1 Å². The molecule has 0 radical (unpaired) electrons. The van der Waals surface area contributed by atoms with Crippen LogP contribution in [0.15, 0.2) is 42.6 Å². The summed E-state index contributed by atoms with van der Waals surface area (Å²) in [4.78, 5) is 25.2. The minimum Gasteiger partial charge on any atom is -0.365 e. The lowest BCUT2D eigenvalue weighted by Crippen LogP contribution is -2.47. The summed E-state index contributed by atoms with van der Waals surface area (Å²) in [5.74, 6) is 1.14. The first-order valence-corrected chi connectivity index (χ1v) is 9.22. The normalized spacial score (nSPS) is 14.6. The molecule has 2 N–H and O–H groups in total. The monoisotopic (exact) mass is 381 g/mol. The molecule has 0 aliphatic carbocycles. The Bertz CT molecular complexity index is 1010. The molecule has 7 heteroatoms. The largest absolute Gasteiger partial charge is 0.365 e. The van der Waals surface area contributed by atoms with Crippen LogP contribution in [-0.4, -0.2) is 42.1 Å². The van der Waals surface area contributed by atoms with Crippen LogP contribution in [0.5, 0.6) is 0 Å². The molecule has 4 rings (SSSR count). The molecule has 6 nitrogen and oxygen atoms in total. The Morgan fingerprint density at radius 2 is 1.85 bits per heavy atom. The van der Waals surface area contributed by atoms with Crippen molar-refractivity contribution < 1.29 is 4.79 Å². The zero-order valence-corrected chi connectivity index (χ0v) is 15.8. The van der Waals surface area contributed by atoms with E-state index in [1.54, 1.807) is 18.3 Å². The number of pyridine rings is 2. The number of aryl methyl sites for hydroxylation is 1. The standard InChI is InChI=1S/C20H20ClN5O/c1-13-11-18(24-17-12-14(21)4-5-15(13)17)25-7-9-26(10-8-25)20-16(19(22)27)3-2-6-23-20/h2-6,11-12H,7-10H2,1H3,(H2,22,27). The number of aromatic nitrogens is 2. The Balaban J connectivity index is 1.56. The van der Waals surface area contributed by atoms with Gasteiger partial charge in [-0.15, -0.1) is 0 Å². The van der Waals surface area contributed by atoms with Crippen molar-refractivity contribution in [3.63, 3.8) is 0 Å². The Morgan fingerprint density at radius 1 is 1.11 bits per heavy atom. The van der Waals surface area contributed by atoms with Gasteiger partial charge in [-0.3, -0.25) is 4.79 Å². The predicted molar refractivity (Wildman–Crippen MR) is 109 cm³/mol. The number of halogens is 1. The molecule has 0 unspecified atom stereocenters. The number of anilines is 2. The number of nitrogens with zero attached hydrogens (tertiary/aromatic N) is 4. The maximum atomic E-state index is 11.7. The second-order valence-corrected chi connectivity index (χ2v) is 7.11. The van der Waals surface area contributed by atoms with E-state index < -0.39 is 5.91 Å². The van der Waals surface area contributed by atoms with Crippen molar-refractivity contribution in [1.29, 1.82) is 0 Å². The lowest BCUT2D eigenvalue weighted by molar-refractivity contribution is 0.100. The molecule has 0 spiro atoms. The summed E-state index contributed by atoms with van der Waals surface area (Å²) in [7, 11) is 0. The minimum absolute atomic E-state index is 0.454. The van der Waals surface area contributed by atoms with Gasteiger partial charge in [-0.05, 0) is 42.8 Å². The second-order valence-electron chi connectivity index (χ2n) is 6.67. The van der Waals surface area contributed by atoms with Crippen LogP contribution in [0.4, 0.5) is 11.6 Å². The van der Waals surface area contributed by atoms with Gasteiger partial charge in [0.15, 0.2) is 0 Å². The van der Waals surface area contributed by atoms with Gasteiger partial charge in [0.25, 0.3) is 5.91 Å². The average molecular weight is 382 g/mol. The van der Waals surface area contributed by atoms with E-state index in [1.807, 2.05) is 18.2 Å². The van der Waals surface area contributed by atoms with Gasteiger partial charge in [-0.25, -0.2) is 9.97 Å². The first-order valence-electron chi connectivity index (χ1n) is 8.84. The summed E-state index contributed by atoms with van der Waals surface area (Å²) in [6, 6.07) is 11.4. The Hall–Kier alpha value is -2.86. The average Bonchev–Trinajstić information content (AvgIpc) is 2.67. The number of nitrogens with two attached hydrogens (primary N) is 1. The van der Waals surface area contributed by atoms with Crippen LogP contribution in [0.3, 0.4) is 0 Å². The van der Waals surface area contributed by atoms with E-state index in [0.717, 1.165) is 42.9 Å². The van der Waals surface area contributed by atoms with Crippen LogP contribution in [0.25, 0.3) is 10.9 Å². The highest BCUT2D eigenvalue weighted by molar-refractivity contribution is 6.31. The molecule has 138 valence electrons. The highest BCUT2D eigenvalue weighted by Crippen LogP contribution is 2.26. The van der Waals surface area contributed by atoms with Crippen LogP contribution in [0, 0.1) is 6.92 Å². The molecule has 0 bridgehead atoms. The van der Waals surface area contributed by atoms with Gasteiger partial charge in [0, 0.05) is 42.8 Å². The number of primary amides is 1. The van der Waals surface area contributed by atoms with E-state index in [-0.39, 0.29) is 0 Å². The van der Waals surface area contributed by atoms with Crippen molar-refractivity contribution in [1.82, 2.24) is 9.97 Å². The predicted octanol–water partition coefficient (Wildman–Crippen LogP) is 3.02. The zero-order valence-electron chi connectivity index (χ0n) is 15.0. The molecule has 2 aromatic heterocycles. The zero-order chi connectivity index (χ0) is 19.0. The highest BCUT2D eigenvalue weighted by atomic mass is 35.5. The molecular formula is C20H20ClN5O. The van der Waals surface area contributed by atoms with E-state index in [9.17, 15) is 4.79 Å². The number of amides is 1. The fourth-order valence-electron chi connectivity index (χ4n) is 3.51. The van der Waals surface area contributed by atoms with Gasteiger partial charge in [0.1, 0.15) is 11.6 Å². The topological polar surface area (TPSA) is 75.3 Å². The fraction of sp³-hybridized carbons (Fsp3) is 0.250. The third-order valence-electron chi connectivity index (χ3n) is 4.92. The Labute approximate surface area is 162 Å². The van der Waals surface area contributed by atoms with Crippen LogP contribution in [0.2, 0.25) is 5.02 Å². The summed E-state index contributed by atoms with van der Waals surface area (Å²) in [5, 5.41) is 1.80. The number of carbonyl (C=O) groups excluding carboxylic acids is 1. The molecule has 1 aliphatic rings. The first kappa shape index (κ1) is 17.5. The van der Waals surface area contributed by atoms with E-state index in [4.69, 9.17) is 22.3 Å². The number of hydrogen-bond acceptors (Lipinski definition) is 5. The summed E-state index contributed by atoms with van der Waals surface area (Å²) in [5.41, 5.74) is 8.02. The summed E-state index contributed by atoms with van der Waals surface area (Å²) in [6.07, 6.45) is 1.69. The molecule has 0 saturated carbocycles. The van der Waals surface area contributed by atoms with E-state index >= 15 is 0 Å². The van der Waals surface area contributed by atoms with E-state index in [2.05, 4.69) is 27.8 Å². The first-order chi connectivity index (χ1) is 13.0. The van der Waals surface area contributed by atoms with Crippen LogP contribution in [0.1, 0.15) is 15.9 Å². The molecule has 3 aromatic rings. The molecule has 1 fully saturated rings. The van der Waals surface area contributed by atoms with Gasteiger partial charge in [-0.1, -0.05) is 17.7 Å². The lowest BCUT2D eigenvalue weighted by Gasteiger charge is -2.36. The Kier molecular flexibility index (Phi) is 4.58. The maximum Gasteiger partial charge on any atom is 0.252 e. The van der Waals surface area contributed by atoms with E-state index in [1.165, 1.54) is 5.56 Å².